The van der Waals surface area contributed by atoms with Crippen molar-refractivity contribution < 1.29 is 14.5 Å². The molecule has 0 unspecified atom stereocenters. The van der Waals surface area contributed by atoms with Crippen LogP contribution >= 0.6 is 23.8 Å². The van der Waals surface area contributed by atoms with Gasteiger partial charge in [0.2, 0.25) is 5.91 Å². The molecule has 0 aliphatic carbocycles. The fourth-order valence-electron chi connectivity index (χ4n) is 2.01. The Balaban J connectivity index is 2.01. The first-order chi connectivity index (χ1) is 11.9. The molecule has 0 aromatic heterocycles. The number of benzene rings is 2. The molecule has 0 radical (unpaired) electrons. The number of anilines is 1. The number of rotatable bonds is 5. The van der Waals surface area contributed by atoms with E-state index in [0.717, 1.165) is 5.56 Å². The average molecular weight is 380 g/mol. The normalized spacial score (nSPS) is 10.0. The third-order valence-electron chi connectivity index (χ3n) is 3.18. The van der Waals surface area contributed by atoms with Gasteiger partial charge in [0.05, 0.1) is 24.5 Å². The number of amides is 1. The Morgan fingerprint density at radius 1 is 1.28 bits per heavy atom. The molecule has 2 N–H and O–H groups in total. The number of methoxy groups -OCH3 is 1. The van der Waals surface area contributed by atoms with E-state index in [-0.39, 0.29) is 28.8 Å². The van der Waals surface area contributed by atoms with Crippen molar-refractivity contribution in [1.82, 2.24) is 5.32 Å². The van der Waals surface area contributed by atoms with Gasteiger partial charge < -0.3 is 15.4 Å². The highest BCUT2D eigenvalue weighted by molar-refractivity contribution is 7.80. The van der Waals surface area contributed by atoms with Gasteiger partial charge in [-0.1, -0.05) is 23.7 Å². The van der Waals surface area contributed by atoms with Crippen molar-refractivity contribution in [3.05, 3.63) is 63.2 Å². The molecule has 7 nitrogen and oxygen atoms in total. The first kappa shape index (κ1) is 18.6. The summed E-state index contributed by atoms with van der Waals surface area (Å²) in [6, 6.07) is 11.1. The highest BCUT2D eigenvalue weighted by Crippen LogP contribution is 2.28. The third kappa shape index (κ3) is 5.40. The zero-order valence-corrected chi connectivity index (χ0v) is 14.7. The summed E-state index contributed by atoms with van der Waals surface area (Å²) in [6.45, 7) is 0. The van der Waals surface area contributed by atoms with Crippen LogP contribution in [0, 0.1) is 10.1 Å². The predicted molar refractivity (Wildman–Crippen MR) is 99.2 cm³/mol. The largest absolute Gasteiger partial charge is 0.496 e. The molecule has 2 aromatic rings. The van der Waals surface area contributed by atoms with Gasteiger partial charge in [0, 0.05) is 5.02 Å². The van der Waals surface area contributed by atoms with Crippen LogP contribution < -0.4 is 15.4 Å². The average Bonchev–Trinajstić information content (AvgIpc) is 2.57. The van der Waals surface area contributed by atoms with E-state index >= 15 is 0 Å². The Labute approximate surface area is 154 Å². The van der Waals surface area contributed by atoms with E-state index in [1.54, 1.807) is 30.3 Å². The van der Waals surface area contributed by atoms with Crippen molar-refractivity contribution in [2.24, 2.45) is 0 Å². The number of thiocarbonyl (C=S) groups is 1. The second kappa shape index (κ2) is 8.41. The van der Waals surface area contributed by atoms with Gasteiger partial charge in [0.1, 0.15) is 11.4 Å². The number of halogens is 1. The summed E-state index contributed by atoms with van der Waals surface area (Å²) in [4.78, 5) is 22.6. The lowest BCUT2D eigenvalue weighted by atomic mass is 10.1. The molecule has 2 rings (SSSR count). The Bertz CT molecular complexity index is 812. The van der Waals surface area contributed by atoms with Crippen LogP contribution in [0.25, 0.3) is 0 Å². The van der Waals surface area contributed by atoms with Crippen molar-refractivity contribution in [1.29, 1.82) is 0 Å². The monoisotopic (exact) mass is 379 g/mol. The minimum absolute atomic E-state index is 0.0350. The van der Waals surface area contributed by atoms with Crippen LogP contribution in [-0.4, -0.2) is 23.1 Å². The highest BCUT2D eigenvalue weighted by Gasteiger charge is 2.17. The van der Waals surface area contributed by atoms with E-state index in [1.165, 1.54) is 19.2 Å². The van der Waals surface area contributed by atoms with Crippen LogP contribution in [0.2, 0.25) is 5.02 Å². The van der Waals surface area contributed by atoms with Crippen molar-refractivity contribution in [3.8, 4) is 5.75 Å². The molecule has 25 heavy (non-hydrogen) atoms. The SMILES string of the molecule is COc1ccc(NC(=S)NC(=O)Cc2ccc(Cl)cc2)c([N+](=O)[O-])c1. The Kier molecular flexibility index (Phi) is 6.26. The number of nitrogens with one attached hydrogen (secondary N) is 2. The third-order valence-corrected chi connectivity index (χ3v) is 3.64. The summed E-state index contributed by atoms with van der Waals surface area (Å²) in [6.07, 6.45) is 0.101. The number of carbonyl (C=O) groups excluding carboxylic acids is 1. The summed E-state index contributed by atoms with van der Waals surface area (Å²) in [5, 5.41) is 16.8. The van der Waals surface area contributed by atoms with Crippen molar-refractivity contribution in [3.63, 3.8) is 0 Å². The van der Waals surface area contributed by atoms with Gasteiger partial charge in [-0.15, -0.1) is 0 Å². The number of hydrogen-bond acceptors (Lipinski definition) is 5. The summed E-state index contributed by atoms with van der Waals surface area (Å²) in [5.74, 6) is -0.00840. The quantitative estimate of drug-likeness (QED) is 0.470. The minimum Gasteiger partial charge on any atom is -0.496 e. The van der Waals surface area contributed by atoms with E-state index in [1.807, 2.05) is 0 Å². The molecule has 0 fully saturated rings. The fourth-order valence-corrected chi connectivity index (χ4v) is 2.36. The van der Waals surface area contributed by atoms with E-state index in [0.29, 0.717) is 10.8 Å². The maximum absolute atomic E-state index is 12.0. The second-order valence-electron chi connectivity index (χ2n) is 4.95. The number of nitrogens with zero attached hydrogens (tertiary/aromatic N) is 1. The van der Waals surface area contributed by atoms with Gasteiger partial charge in [-0.3, -0.25) is 14.9 Å². The van der Waals surface area contributed by atoms with Gasteiger partial charge in [-0.05, 0) is 42.0 Å². The van der Waals surface area contributed by atoms with Crippen LogP contribution in [0.15, 0.2) is 42.5 Å². The maximum Gasteiger partial charge on any atom is 0.296 e. The first-order valence-corrected chi connectivity index (χ1v) is 7.85. The molecule has 1 amide bonds. The van der Waals surface area contributed by atoms with E-state index in [2.05, 4.69) is 10.6 Å². The summed E-state index contributed by atoms with van der Waals surface area (Å²) < 4.78 is 4.96. The molecule has 0 atom stereocenters. The summed E-state index contributed by atoms with van der Waals surface area (Å²) in [7, 11) is 1.41. The number of hydrogen-bond donors (Lipinski definition) is 2. The standard InChI is InChI=1S/C16H14ClN3O4S/c1-24-12-6-7-13(14(9-12)20(22)23)18-16(25)19-15(21)8-10-2-4-11(17)5-3-10/h2-7,9H,8H2,1H3,(H2,18,19,21,25). The van der Waals surface area contributed by atoms with Gasteiger partial charge >= 0.3 is 0 Å². The molecule has 0 spiro atoms. The Morgan fingerprint density at radius 3 is 2.56 bits per heavy atom. The van der Waals surface area contributed by atoms with Crippen LogP contribution in [0.3, 0.4) is 0 Å². The molecule has 9 heteroatoms. The zero-order valence-electron chi connectivity index (χ0n) is 13.1. The van der Waals surface area contributed by atoms with E-state index in [9.17, 15) is 14.9 Å². The molecule has 0 aliphatic heterocycles. The van der Waals surface area contributed by atoms with E-state index < -0.39 is 4.92 Å². The van der Waals surface area contributed by atoms with Gasteiger partial charge in [0.25, 0.3) is 5.69 Å². The predicted octanol–water partition coefficient (Wildman–Crippen LogP) is 3.31. The number of ether oxygens (including phenoxy) is 1. The lowest BCUT2D eigenvalue weighted by Crippen LogP contribution is -2.35. The summed E-state index contributed by atoms with van der Waals surface area (Å²) in [5.41, 5.74) is 0.705. The minimum atomic E-state index is -0.566. The molecule has 0 bridgehead atoms. The fraction of sp³-hybridized carbons (Fsp3) is 0.125. The van der Waals surface area contributed by atoms with Gasteiger partial charge in [0.15, 0.2) is 5.11 Å². The van der Waals surface area contributed by atoms with Crippen molar-refractivity contribution in [2.75, 3.05) is 12.4 Å². The number of nitro groups is 1. The van der Waals surface area contributed by atoms with Crippen molar-refractivity contribution in [2.45, 2.75) is 6.42 Å². The van der Waals surface area contributed by atoms with Gasteiger partial charge in [-0.2, -0.15) is 0 Å². The molecule has 0 aliphatic rings. The van der Waals surface area contributed by atoms with Crippen LogP contribution in [0.4, 0.5) is 11.4 Å². The maximum atomic E-state index is 12.0. The van der Waals surface area contributed by atoms with Crippen molar-refractivity contribution >= 4 is 46.2 Å². The Hall–Kier alpha value is -2.71. The molecular formula is C16H14ClN3O4S. The number of carbonyl (C=O) groups is 1. The second-order valence-corrected chi connectivity index (χ2v) is 5.79. The number of nitro benzene ring substituents is 1. The molecule has 130 valence electrons. The van der Waals surface area contributed by atoms with Gasteiger partial charge in [-0.25, -0.2) is 0 Å². The van der Waals surface area contributed by atoms with Crippen LogP contribution in [-0.2, 0) is 11.2 Å². The molecule has 0 saturated heterocycles. The lowest BCUT2D eigenvalue weighted by molar-refractivity contribution is -0.384. The smallest absolute Gasteiger partial charge is 0.296 e. The first-order valence-electron chi connectivity index (χ1n) is 7.06. The summed E-state index contributed by atoms with van der Waals surface area (Å²) >= 11 is 10.8. The molecule has 2 aromatic carbocycles. The highest BCUT2D eigenvalue weighted by atomic mass is 35.5. The molecule has 0 heterocycles. The lowest BCUT2D eigenvalue weighted by Gasteiger charge is -2.11. The topological polar surface area (TPSA) is 93.5 Å². The molecular weight excluding hydrogens is 366 g/mol. The van der Waals surface area contributed by atoms with Crippen LogP contribution in [0.1, 0.15) is 5.56 Å². The zero-order chi connectivity index (χ0) is 18.4. The van der Waals surface area contributed by atoms with Crippen LogP contribution in [0.5, 0.6) is 5.75 Å². The Morgan fingerprint density at radius 2 is 1.96 bits per heavy atom. The molecule has 0 saturated carbocycles. The van der Waals surface area contributed by atoms with E-state index in [4.69, 9.17) is 28.6 Å².